The van der Waals surface area contributed by atoms with E-state index >= 15 is 0 Å². The molecule has 1 rings (SSSR count). The van der Waals surface area contributed by atoms with Crippen molar-refractivity contribution < 1.29 is 5.73 Å². The highest BCUT2D eigenvalue weighted by Crippen LogP contribution is 2.00. The summed E-state index contributed by atoms with van der Waals surface area (Å²) in [6.45, 7) is 2.18. The summed E-state index contributed by atoms with van der Waals surface area (Å²) in [7, 11) is 0. The SMILES string of the molecule is [NH3+]CCCCCCn1ccnc1. The van der Waals surface area contributed by atoms with E-state index in [0.29, 0.717) is 0 Å². The first-order valence-corrected chi connectivity index (χ1v) is 4.68. The van der Waals surface area contributed by atoms with Crippen LogP contribution >= 0.6 is 0 Å². The van der Waals surface area contributed by atoms with Gasteiger partial charge >= 0.3 is 0 Å². The Morgan fingerprint density at radius 3 is 2.67 bits per heavy atom. The number of nitrogens with zero attached hydrogens (tertiary/aromatic N) is 2. The van der Waals surface area contributed by atoms with Crippen LogP contribution in [0.4, 0.5) is 0 Å². The van der Waals surface area contributed by atoms with E-state index in [-0.39, 0.29) is 0 Å². The molecule has 0 unspecified atom stereocenters. The molecule has 3 heteroatoms. The van der Waals surface area contributed by atoms with Gasteiger partial charge in [0, 0.05) is 18.9 Å². The number of hydrogen-bond donors (Lipinski definition) is 1. The summed E-state index contributed by atoms with van der Waals surface area (Å²) in [5.74, 6) is 0. The molecule has 0 fully saturated rings. The van der Waals surface area contributed by atoms with Gasteiger partial charge in [-0.1, -0.05) is 6.42 Å². The van der Waals surface area contributed by atoms with Crippen molar-refractivity contribution in [3.05, 3.63) is 18.7 Å². The van der Waals surface area contributed by atoms with Crippen LogP contribution in [0.5, 0.6) is 0 Å². The second-order valence-electron chi connectivity index (χ2n) is 3.07. The monoisotopic (exact) mass is 168 g/mol. The fraction of sp³-hybridized carbons (Fsp3) is 0.667. The molecule has 1 aromatic heterocycles. The van der Waals surface area contributed by atoms with Gasteiger partial charge in [0.1, 0.15) is 0 Å². The van der Waals surface area contributed by atoms with E-state index in [4.69, 9.17) is 0 Å². The van der Waals surface area contributed by atoms with Gasteiger partial charge in [0.2, 0.25) is 0 Å². The molecule has 0 saturated carbocycles. The second kappa shape index (κ2) is 5.77. The van der Waals surface area contributed by atoms with Crippen LogP contribution in [0.25, 0.3) is 0 Å². The summed E-state index contributed by atoms with van der Waals surface area (Å²) in [5.41, 5.74) is 3.82. The van der Waals surface area contributed by atoms with Crippen LogP contribution in [0.15, 0.2) is 18.7 Å². The lowest BCUT2D eigenvalue weighted by molar-refractivity contribution is -0.368. The quantitative estimate of drug-likeness (QED) is 0.624. The van der Waals surface area contributed by atoms with Crippen molar-refractivity contribution in [3.63, 3.8) is 0 Å². The van der Waals surface area contributed by atoms with Gasteiger partial charge in [0.15, 0.2) is 0 Å². The number of aromatic nitrogens is 2. The molecule has 0 radical (unpaired) electrons. The Morgan fingerprint density at radius 2 is 2.00 bits per heavy atom. The van der Waals surface area contributed by atoms with E-state index in [1.807, 2.05) is 18.7 Å². The van der Waals surface area contributed by atoms with Crippen molar-refractivity contribution in [1.82, 2.24) is 9.55 Å². The molecule has 0 amide bonds. The molecular weight excluding hydrogens is 150 g/mol. The Morgan fingerprint density at radius 1 is 1.17 bits per heavy atom. The second-order valence-corrected chi connectivity index (χ2v) is 3.07. The van der Waals surface area contributed by atoms with Crippen LogP contribution in [0.2, 0.25) is 0 Å². The summed E-state index contributed by atoms with van der Waals surface area (Å²) in [6.07, 6.45) is 10.9. The third-order valence-electron chi connectivity index (χ3n) is 1.98. The van der Waals surface area contributed by atoms with E-state index in [1.165, 1.54) is 25.7 Å². The highest BCUT2D eigenvalue weighted by atomic mass is 15.0. The van der Waals surface area contributed by atoms with Crippen LogP contribution in [-0.2, 0) is 6.54 Å². The maximum Gasteiger partial charge on any atom is 0.0945 e. The molecule has 0 bridgehead atoms. The van der Waals surface area contributed by atoms with Crippen LogP contribution < -0.4 is 5.73 Å². The van der Waals surface area contributed by atoms with Crippen molar-refractivity contribution >= 4 is 0 Å². The number of rotatable bonds is 6. The van der Waals surface area contributed by atoms with Crippen molar-refractivity contribution in [3.8, 4) is 0 Å². The minimum atomic E-state index is 1.07. The third kappa shape index (κ3) is 3.53. The van der Waals surface area contributed by atoms with Crippen LogP contribution in [0.1, 0.15) is 25.7 Å². The first kappa shape index (κ1) is 9.26. The molecule has 0 aliphatic heterocycles. The minimum Gasteiger partial charge on any atom is -0.358 e. The van der Waals surface area contributed by atoms with Gasteiger partial charge < -0.3 is 10.3 Å². The third-order valence-corrected chi connectivity index (χ3v) is 1.98. The molecule has 0 spiro atoms. The fourth-order valence-corrected chi connectivity index (χ4v) is 1.24. The van der Waals surface area contributed by atoms with Gasteiger partial charge in [-0.05, 0) is 19.3 Å². The Labute approximate surface area is 73.6 Å². The zero-order valence-corrected chi connectivity index (χ0v) is 7.58. The first-order chi connectivity index (χ1) is 5.93. The van der Waals surface area contributed by atoms with E-state index in [0.717, 1.165) is 13.1 Å². The molecule has 0 saturated heterocycles. The maximum atomic E-state index is 3.99. The molecule has 0 aliphatic rings. The molecule has 68 valence electrons. The standard InChI is InChI=1S/C9H17N3/c10-5-3-1-2-4-7-12-8-6-11-9-12/h6,8-9H,1-5,7,10H2/p+1. The predicted molar refractivity (Wildman–Crippen MR) is 48.5 cm³/mol. The van der Waals surface area contributed by atoms with E-state index in [2.05, 4.69) is 15.3 Å². The zero-order valence-electron chi connectivity index (χ0n) is 7.58. The molecule has 3 N–H and O–H groups in total. The van der Waals surface area contributed by atoms with Gasteiger partial charge in [-0.25, -0.2) is 4.98 Å². The number of imidazole rings is 1. The van der Waals surface area contributed by atoms with Gasteiger partial charge in [0.25, 0.3) is 0 Å². The average molecular weight is 168 g/mol. The van der Waals surface area contributed by atoms with Crippen molar-refractivity contribution in [2.75, 3.05) is 6.54 Å². The number of quaternary nitrogens is 1. The number of hydrogen-bond acceptors (Lipinski definition) is 1. The van der Waals surface area contributed by atoms with Crippen molar-refractivity contribution in [2.45, 2.75) is 32.2 Å². The van der Waals surface area contributed by atoms with Gasteiger partial charge in [-0.15, -0.1) is 0 Å². The van der Waals surface area contributed by atoms with E-state index in [1.54, 1.807) is 0 Å². The van der Waals surface area contributed by atoms with Crippen LogP contribution in [0.3, 0.4) is 0 Å². The van der Waals surface area contributed by atoms with E-state index < -0.39 is 0 Å². The molecular formula is C9H18N3+. The average Bonchev–Trinajstić information content (AvgIpc) is 2.57. The minimum absolute atomic E-state index is 1.07. The Kier molecular flexibility index (Phi) is 4.46. The van der Waals surface area contributed by atoms with E-state index in [9.17, 15) is 0 Å². The van der Waals surface area contributed by atoms with Gasteiger partial charge in [-0.2, -0.15) is 0 Å². The zero-order chi connectivity index (χ0) is 8.65. The van der Waals surface area contributed by atoms with Gasteiger partial charge in [-0.3, -0.25) is 0 Å². The Balaban J connectivity index is 1.96. The highest BCUT2D eigenvalue weighted by molar-refractivity contribution is 4.73. The smallest absolute Gasteiger partial charge is 0.0945 e. The largest absolute Gasteiger partial charge is 0.358 e. The molecule has 3 nitrogen and oxygen atoms in total. The van der Waals surface area contributed by atoms with Crippen LogP contribution in [0, 0.1) is 0 Å². The fourth-order valence-electron chi connectivity index (χ4n) is 1.24. The molecule has 0 aliphatic carbocycles. The maximum absolute atomic E-state index is 3.99. The van der Waals surface area contributed by atoms with Crippen LogP contribution in [-0.4, -0.2) is 16.1 Å². The summed E-state index contributed by atoms with van der Waals surface area (Å²) < 4.78 is 2.13. The lowest BCUT2D eigenvalue weighted by Gasteiger charge is -2.00. The highest BCUT2D eigenvalue weighted by Gasteiger charge is 1.91. The summed E-state index contributed by atoms with van der Waals surface area (Å²) >= 11 is 0. The topological polar surface area (TPSA) is 45.5 Å². The lowest BCUT2D eigenvalue weighted by atomic mass is 10.2. The number of unbranched alkanes of at least 4 members (excludes halogenated alkanes) is 3. The molecule has 1 heterocycles. The molecule has 12 heavy (non-hydrogen) atoms. The van der Waals surface area contributed by atoms with Crippen molar-refractivity contribution in [2.24, 2.45) is 0 Å². The summed E-state index contributed by atoms with van der Waals surface area (Å²) in [4.78, 5) is 3.99. The Bertz CT molecular complexity index is 182. The summed E-state index contributed by atoms with van der Waals surface area (Å²) in [6, 6.07) is 0. The molecule has 0 aromatic carbocycles. The molecule has 0 atom stereocenters. The van der Waals surface area contributed by atoms with Gasteiger partial charge in [0.05, 0.1) is 12.9 Å². The number of aryl methyl sites for hydroxylation is 1. The normalized spacial score (nSPS) is 10.4. The first-order valence-electron chi connectivity index (χ1n) is 4.68. The Hall–Kier alpha value is -0.830. The summed E-state index contributed by atoms with van der Waals surface area (Å²) in [5, 5.41) is 0. The predicted octanol–water partition coefficient (Wildman–Crippen LogP) is 0.685. The lowest BCUT2D eigenvalue weighted by Crippen LogP contribution is -2.50. The molecule has 1 aromatic rings. The van der Waals surface area contributed by atoms with Crippen molar-refractivity contribution in [1.29, 1.82) is 0 Å².